The van der Waals surface area contributed by atoms with Crippen LogP contribution >= 0.6 is 0 Å². The summed E-state index contributed by atoms with van der Waals surface area (Å²) in [7, 11) is 0. The molecular weight excluding hydrogens is 444 g/mol. The van der Waals surface area contributed by atoms with Crippen LogP contribution in [0.5, 0.6) is 5.88 Å². The molecule has 35 heavy (non-hydrogen) atoms. The van der Waals surface area contributed by atoms with Gasteiger partial charge in [-0.05, 0) is 56.0 Å². The number of carbonyl (C=O) groups is 2. The Morgan fingerprint density at radius 2 is 1.66 bits per heavy atom. The predicted octanol–water partition coefficient (Wildman–Crippen LogP) is 4.98. The van der Waals surface area contributed by atoms with Crippen LogP contribution in [0, 0.1) is 6.92 Å². The smallest absolute Gasteiger partial charge is 0.227 e. The van der Waals surface area contributed by atoms with Gasteiger partial charge in [-0.15, -0.1) is 5.10 Å². The average molecular weight is 475 g/mol. The molecule has 3 aromatic rings. The molecule has 0 fully saturated rings. The molecule has 0 aliphatic heterocycles. The van der Waals surface area contributed by atoms with Crippen LogP contribution in [0.15, 0.2) is 60.3 Å². The van der Waals surface area contributed by atoms with E-state index in [1.54, 1.807) is 43.3 Å². The molecule has 8 heteroatoms. The van der Waals surface area contributed by atoms with Gasteiger partial charge in [-0.1, -0.05) is 38.1 Å². The van der Waals surface area contributed by atoms with Gasteiger partial charge in [0.2, 0.25) is 11.7 Å². The molecule has 1 unspecified atom stereocenters. The maximum Gasteiger partial charge on any atom is 0.227 e. The number of hydrogen-bond acceptors (Lipinski definition) is 8. The zero-order chi connectivity index (χ0) is 25.5. The Morgan fingerprint density at radius 1 is 0.971 bits per heavy atom. The third-order valence-electron chi connectivity index (χ3n) is 5.31. The number of benzene rings is 1. The number of aliphatic hydroxyl groups is 1. The van der Waals surface area contributed by atoms with Crippen molar-refractivity contribution in [1.29, 1.82) is 0 Å². The van der Waals surface area contributed by atoms with Gasteiger partial charge in [-0.25, -0.2) is 4.98 Å². The number of hydrogen-bond donors (Lipinski definition) is 2. The van der Waals surface area contributed by atoms with Crippen molar-refractivity contribution in [2.24, 2.45) is 0 Å². The van der Waals surface area contributed by atoms with Crippen LogP contribution in [0.25, 0.3) is 5.76 Å². The number of aryl methyl sites for hydroxylation is 1. The fraction of sp³-hybridized carbons (Fsp3) is 0.296. The average Bonchev–Trinajstić information content (AvgIpc) is 2.84. The molecule has 0 radical (unpaired) electrons. The summed E-state index contributed by atoms with van der Waals surface area (Å²) in [5, 5.41) is 22.5. The lowest BCUT2D eigenvalue weighted by atomic mass is 9.92. The number of pyridine rings is 1. The van der Waals surface area contributed by atoms with Crippen molar-refractivity contribution in [2.75, 3.05) is 5.32 Å². The number of carbonyl (C=O) groups excluding carboxylic acids is 2. The number of aldehydes is 1. The summed E-state index contributed by atoms with van der Waals surface area (Å²) in [5.74, 6) is -0.0907. The van der Waals surface area contributed by atoms with Crippen LogP contribution in [0.3, 0.4) is 0 Å². The zero-order valence-corrected chi connectivity index (χ0v) is 20.5. The van der Waals surface area contributed by atoms with Crippen LogP contribution in [0.4, 0.5) is 5.82 Å². The number of ketones is 1. The molecule has 2 aromatic heterocycles. The summed E-state index contributed by atoms with van der Waals surface area (Å²) in [6.45, 7) is 9.71. The number of aromatic nitrogens is 3. The van der Waals surface area contributed by atoms with Crippen molar-refractivity contribution in [3.8, 4) is 5.88 Å². The first-order chi connectivity index (χ1) is 16.7. The molecule has 1 aromatic carbocycles. The summed E-state index contributed by atoms with van der Waals surface area (Å²) in [6, 6.07) is 13.1. The molecule has 0 saturated carbocycles. The van der Waals surface area contributed by atoms with Crippen molar-refractivity contribution in [2.45, 2.75) is 52.7 Å². The molecule has 0 bridgehead atoms. The van der Waals surface area contributed by atoms with Crippen molar-refractivity contribution in [3.05, 3.63) is 82.7 Å². The Labute approximate surface area is 205 Å². The van der Waals surface area contributed by atoms with Gasteiger partial charge >= 0.3 is 0 Å². The molecule has 1 atom stereocenters. The Morgan fingerprint density at radius 3 is 2.17 bits per heavy atom. The monoisotopic (exact) mass is 474 g/mol. The molecule has 2 heterocycles. The first-order valence-electron chi connectivity index (χ1n) is 11.4. The van der Waals surface area contributed by atoms with E-state index >= 15 is 0 Å². The highest BCUT2D eigenvalue weighted by atomic mass is 16.5. The molecule has 0 aliphatic carbocycles. The highest BCUT2D eigenvalue weighted by molar-refractivity contribution is 6.35. The molecule has 0 spiro atoms. The van der Waals surface area contributed by atoms with Crippen molar-refractivity contribution in [3.63, 3.8) is 0 Å². The maximum absolute atomic E-state index is 12.9. The summed E-state index contributed by atoms with van der Waals surface area (Å²) in [6.07, 6.45) is 1.66. The van der Waals surface area contributed by atoms with E-state index in [1.807, 2.05) is 26.0 Å². The largest absolute Gasteiger partial charge is 0.507 e. The van der Waals surface area contributed by atoms with Crippen molar-refractivity contribution in [1.82, 2.24) is 15.2 Å². The number of nitrogens with one attached hydrogen (secondary N) is 1. The molecule has 0 amide bonds. The van der Waals surface area contributed by atoms with Gasteiger partial charge in [0.15, 0.2) is 6.29 Å². The van der Waals surface area contributed by atoms with Crippen LogP contribution in [0.1, 0.15) is 62.0 Å². The predicted molar refractivity (Wildman–Crippen MR) is 134 cm³/mol. The van der Waals surface area contributed by atoms with Crippen molar-refractivity contribution < 1.29 is 19.4 Å². The number of Topliss-reactive ketones (excluding diaryl/α,β-unsaturated/α-hetero) is 1. The minimum absolute atomic E-state index is 0.0601. The first-order valence-corrected chi connectivity index (χ1v) is 11.4. The zero-order valence-electron chi connectivity index (χ0n) is 20.5. The fourth-order valence-electron chi connectivity index (χ4n) is 3.46. The second-order valence-electron chi connectivity index (χ2n) is 8.75. The van der Waals surface area contributed by atoms with Crippen molar-refractivity contribution >= 4 is 23.6 Å². The van der Waals surface area contributed by atoms with E-state index in [2.05, 4.69) is 34.3 Å². The first kappa shape index (κ1) is 25.6. The van der Waals surface area contributed by atoms with Gasteiger partial charge in [0, 0.05) is 17.8 Å². The van der Waals surface area contributed by atoms with Crippen LogP contribution < -0.4 is 10.1 Å². The third-order valence-corrected chi connectivity index (χ3v) is 5.31. The quantitative estimate of drug-likeness (QED) is 0.183. The molecule has 3 rings (SSSR count). The van der Waals surface area contributed by atoms with Gasteiger partial charge in [0.05, 0.1) is 23.4 Å². The van der Waals surface area contributed by atoms with Gasteiger partial charge in [-0.3, -0.25) is 9.59 Å². The molecule has 0 saturated heterocycles. The highest BCUT2D eigenvalue weighted by Crippen LogP contribution is 2.32. The van der Waals surface area contributed by atoms with Crippen LogP contribution in [-0.4, -0.2) is 38.5 Å². The fourth-order valence-corrected chi connectivity index (χ4v) is 3.46. The second kappa shape index (κ2) is 11.4. The summed E-state index contributed by atoms with van der Waals surface area (Å²) < 4.78 is 5.62. The molecule has 182 valence electrons. The van der Waals surface area contributed by atoms with E-state index in [0.717, 1.165) is 11.3 Å². The number of nitrogens with zero attached hydrogens (tertiary/aromatic N) is 3. The van der Waals surface area contributed by atoms with E-state index in [1.165, 1.54) is 6.20 Å². The topological polar surface area (TPSA) is 114 Å². The van der Waals surface area contributed by atoms with E-state index in [4.69, 9.17) is 4.74 Å². The van der Waals surface area contributed by atoms with Gasteiger partial charge in [0.1, 0.15) is 11.6 Å². The number of rotatable bonds is 10. The summed E-state index contributed by atoms with van der Waals surface area (Å²) in [5.41, 5.74) is 2.61. The summed E-state index contributed by atoms with van der Waals surface area (Å²) in [4.78, 5) is 28.8. The maximum atomic E-state index is 12.9. The van der Waals surface area contributed by atoms with E-state index in [-0.39, 0.29) is 23.7 Å². The second-order valence-corrected chi connectivity index (χ2v) is 8.75. The lowest BCUT2D eigenvalue weighted by Crippen LogP contribution is -2.22. The highest BCUT2D eigenvalue weighted by Gasteiger charge is 2.28. The SMILES string of the molecule is Cc1ccc(NC(C(C(=O)C=O)=C(O)c2ccc(C(C)C)cc2)c2ccc(OC(C)C)nc2)nn1. The lowest BCUT2D eigenvalue weighted by Gasteiger charge is -2.22. The molecular formula is C27H30N4O4. The van der Waals surface area contributed by atoms with Gasteiger partial charge in [-0.2, -0.15) is 5.10 Å². The molecule has 2 N–H and O–H groups in total. The van der Waals surface area contributed by atoms with E-state index < -0.39 is 11.8 Å². The Hall–Kier alpha value is -4.07. The third kappa shape index (κ3) is 6.50. The molecule has 0 aliphatic rings. The minimum Gasteiger partial charge on any atom is -0.507 e. The number of anilines is 1. The Kier molecular flexibility index (Phi) is 8.30. The Balaban J connectivity index is 2.13. The molecule has 8 nitrogen and oxygen atoms in total. The number of ether oxygens (including phenoxy) is 1. The normalized spacial score (nSPS) is 12.8. The Bertz CT molecular complexity index is 1190. The van der Waals surface area contributed by atoms with E-state index in [9.17, 15) is 14.7 Å². The minimum atomic E-state index is -0.935. The number of aliphatic hydroxyl groups excluding tert-OH is 1. The van der Waals surface area contributed by atoms with Crippen LogP contribution in [0.2, 0.25) is 0 Å². The standard InChI is InChI=1S/C27H30N4O4/c1-16(2)19-7-9-20(10-8-19)27(34)25(22(33)15-32)26(29-23-12-6-18(5)30-31-23)21-11-13-24(28-14-21)35-17(3)4/h6-17,26,34H,1-5H3,(H,29,31). The lowest BCUT2D eigenvalue weighted by molar-refractivity contribution is -0.127. The van der Waals surface area contributed by atoms with E-state index in [0.29, 0.717) is 28.7 Å². The van der Waals surface area contributed by atoms with Gasteiger partial charge < -0.3 is 15.2 Å². The van der Waals surface area contributed by atoms with Crippen LogP contribution in [-0.2, 0) is 9.59 Å². The summed E-state index contributed by atoms with van der Waals surface area (Å²) >= 11 is 0. The van der Waals surface area contributed by atoms with Gasteiger partial charge in [0.25, 0.3) is 0 Å².